The number of benzene rings is 1. The van der Waals surface area contributed by atoms with Gasteiger partial charge in [-0.3, -0.25) is 4.79 Å². The Bertz CT molecular complexity index is 705. The van der Waals surface area contributed by atoms with Crippen molar-refractivity contribution in [3.63, 3.8) is 0 Å². The third-order valence-electron chi connectivity index (χ3n) is 3.67. The average molecular weight is 351 g/mol. The summed E-state index contributed by atoms with van der Waals surface area (Å²) in [5.74, 6) is -0.481. The topological polar surface area (TPSA) is 81.9 Å². The number of rotatable bonds is 6. The molecule has 2 heterocycles. The fraction of sp³-hybridized carbons (Fsp3) is 0.467. The lowest BCUT2D eigenvalue weighted by Gasteiger charge is -2.14. The number of hydrogen-bond donors (Lipinski definition) is 1. The SMILES string of the molecule is C[C@@H](Sc1nnnn1-c1cccc(F)c1)C(=O)NC[C@H]1CCCO1. The molecule has 2 aromatic rings. The molecule has 7 nitrogen and oxygen atoms in total. The van der Waals surface area contributed by atoms with Crippen LogP contribution in [0.3, 0.4) is 0 Å². The molecule has 1 N–H and O–H groups in total. The first kappa shape index (κ1) is 16.8. The molecule has 9 heteroatoms. The molecule has 1 saturated heterocycles. The zero-order valence-electron chi connectivity index (χ0n) is 13.2. The highest BCUT2D eigenvalue weighted by Crippen LogP contribution is 2.23. The molecule has 0 unspecified atom stereocenters. The summed E-state index contributed by atoms with van der Waals surface area (Å²) in [5, 5.41) is 14.3. The van der Waals surface area contributed by atoms with Gasteiger partial charge in [-0.15, -0.1) is 5.10 Å². The molecule has 0 radical (unpaired) electrons. The van der Waals surface area contributed by atoms with Crippen LogP contribution >= 0.6 is 11.8 Å². The molecule has 0 saturated carbocycles. The Morgan fingerprint density at radius 2 is 2.46 bits per heavy atom. The van der Waals surface area contributed by atoms with E-state index in [0.717, 1.165) is 19.4 Å². The number of aromatic nitrogens is 4. The van der Waals surface area contributed by atoms with Crippen molar-refractivity contribution >= 4 is 17.7 Å². The largest absolute Gasteiger partial charge is 0.376 e. The number of tetrazole rings is 1. The van der Waals surface area contributed by atoms with Gasteiger partial charge in [-0.25, -0.2) is 4.39 Å². The van der Waals surface area contributed by atoms with Crippen molar-refractivity contribution in [2.24, 2.45) is 0 Å². The van der Waals surface area contributed by atoms with Crippen LogP contribution < -0.4 is 5.32 Å². The summed E-state index contributed by atoms with van der Waals surface area (Å²) in [6, 6.07) is 5.97. The number of nitrogens with zero attached hydrogens (tertiary/aromatic N) is 4. The minimum absolute atomic E-state index is 0.101. The minimum atomic E-state index is -0.385. The molecule has 1 aliphatic heterocycles. The highest BCUT2D eigenvalue weighted by Gasteiger charge is 2.21. The molecule has 1 aliphatic rings. The third kappa shape index (κ3) is 4.09. The van der Waals surface area contributed by atoms with E-state index in [0.29, 0.717) is 17.4 Å². The molecule has 1 amide bonds. The van der Waals surface area contributed by atoms with Crippen molar-refractivity contribution in [1.82, 2.24) is 25.5 Å². The quantitative estimate of drug-likeness (QED) is 0.796. The van der Waals surface area contributed by atoms with E-state index in [4.69, 9.17) is 4.74 Å². The van der Waals surface area contributed by atoms with Gasteiger partial charge in [-0.2, -0.15) is 4.68 Å². The molecular formula is C15H18FN5O2S. The van der Waals surface area contributed by atoms with Gasteiger partial charge in [0.25, 0.3) is 0 Å². The first-order valence-corrected chi connectivity index (χ1v) is 8.62. The van der Waals surface area contributed by atoms with Crippen molar-refractivity contribution < 1.29 is 13.9 Å². The summed E-state index contributed by atoms with van der Waals surface area (Å²) in [6.07, 6.45) is 2.11. The second-order valence-electron chi connectivity index (χ2n) is 5.49. The average Bonchev–Trinajstić information content (AvgIpc) is 3.24. The zero-order valence-corrected chi connectivity index (χ0v) is 14.0. The predicted molar refractivity (Wildman–Crippen MR) is 86.4 cm³/mol. The lowest BCUT2D eigenvalue weighted by atomic mass is 10.2. The molecule has 2 atom stereocenters. The van der Waals surface area contributed by atoms with Crippen molar-refractivity contribution in [3.05, 3.63) is 30.1 Å². The molecule has 24 heavy (non-hydrogen) atoms. The Morgan fingerprint density at radius 1 is 1.58 bits per heavy atom. The number of ether oxygens (including phenoxy) is 1. The molecule has 1 aromatic carbocycles. The summed E-state index contributed by atoms with van der Waals surface area (Å²) in [4.78, 5) is 12.2. The van der Waals surface area contributed by atoms with E-state index >= 15 is 0 Å². The Kier molecular flexibility index (Phi) is 5.41. The van der Waals surface area contributed by atoms with Crippen molar-refractivity contribution in [1.29, 1.82) is 0 Å². The summed E-state index contributed by atoms with van der Waals surface area (Å²) in [7, 11) is 0. The number of carbonyl (C=O) groups excluding carboxylic acids is 1. The lowest BCUT2D eigenvalue weighted by molar-refractivity contribution is -0.120. The molecular weight excluding hydrogens is 333 g/mol. The smallest absolute Gasteiger partial charge is 0.233 e. The van der Waals surface area contributed by atoms with Crippen molar-refractivity contribution in [2.75, 3.05) is 13.2 Å². The first-order valence-electron chi connectivity index (χ1n) is 7.74. The van der Waals surface area contributed by atoms with E-state index in [-0.39, 0.29) is 23.1 Å². The standard InChI is InChI=1S/C15H18FN5O2S/c1-10(14(22)17-9-13-6-3-7-23-13)24-15-18-19-20-21(15)12-5-2-4-11(16)8-12/h2,4-5,8,10,13H,3,6-7,9H2,1H3,(H,17,22)/t10-,13-/m1/s1. The van der Waals surface area contributed by atoms with Gasteiger partial charge >= 0.3 is 0 Å². The summed E-state index contributed by atoms with van der Waals surface area (Å²) in [5.41, 5.74) is 0.509. The fourth-order valence-corrected chi connectivity index (χ4v) is 3.23. The van der Waals surface area contributed by atoms with Crippen LogP contribution in [0.2, 0.25) is 0 Å². The Balaban J connectivity index is 1.61. The van der Waals surface area contributed by atoms with Gasteiger partial charge in [0.2, 0.25) is 11.1 Å². The first-order chi connectivity index (χ1) is 11.6. The van der Waals surface area contributed by atoms with Gasteiger partial charge in [0.05, 0.1) is 17.0 Å². The summed E-state index contributed by atoms with van der Waals surface area (Å²) < 4.78 is 20.3. The molecule has 1 aromatic heterocycles. The monoisotopic (exact) mass is 351 g/mol. The predicted octanol–water partition coefficient (Wildman–Crippen LogP) is 1.58. The molecule has 3 rings (SSSR count). The van der Waals surface area contributed by atoms with Crippen molar-refractivity contribution in [3.8, 4) is 5.69 Å². The Labute approximate surface area is 142 Å². The van der Waals surface area contributed by atoms with Crippen LogP contribution in [-0.4, -0.2) is 50.6 Å². The van der Waals surface area contributed by atoms with E-state index in [9.17, 15) is 9.18 Å². The normalized spacial score (nSPS) is 18.5. The zero-order chi connectivity index (χ0) is 16.9. The van der Waals surface area contributed by atoms with Crippen LogP contribution in [0, 0.1) is 5.82 Å². The van der Waals surface area contributed by atoms with Gasteiger partial charge in [-0.1, -0.05) is 17.8 Å². The van der Waals surface area contributed by atoms with Gasteiger partial charge in [0.15, 0.2) is 0 Å². The summed E-state index contributed by atoms with van der Waals surface area (Å²) in [6.45, 7) is 3.05. The maximum Gasteiger partial charge on any atom is 0.233 e. The van der Waals surface area contributed by atoms with Crippen LogP contribution in [0.5, 0.6) is 0 Å². The number of amides is 1. The molecule has 0 spiro atoms. The Morgan fingerprint density at radius 3 is 3.21 bits per heavy atom. The fourth-order valence-electron chi connectivity index (χ4n) is 2.40. The molecule has 0 bridgehead atoms. The van der Waals surface area contributed by atoms with Crippen molar-refractivity contribution in [2.45, 2.75) is 36.3 Å². The van der Waals surface area contributed by atoms with E-state index < -0.39 is 0 Å². The lowest BCUT2D eigenvalue weighted by Crippen LogP contribution is -2.36. The summed E-state index contributed by atoms with van der Waals surface area (Å²) >= 11 is 1.22. The number of carbonyl (C=O) groups is 1. The minimum Gasteiger partial charge on any atom is -0.376 e. The van der Waals surface area contributed by atoms with Gasteiger partial charge < -0.3 is 10.1 Å². The van der Waals surface area contributed by atoms with Crippen LogP contribution in [0.4, 0.5) is 4.39 Å². The Hall–Kier alpha value is -2.00. The van der Waals surface area contributed by atoms with Gasteiger partial charge in [0.1, 0.15) is 5.82 Å². The number of halogens is 1. The van der Waals surface area contributed by atoms with Crippen LogP contribution in [0.15, 0.2) is 29.4 Å². The van der Waals surface area contributed by atoms with E-state index in [2.05, 4.69) is 20.8 Å². The highest BCUT2D eigenvalue weighted by molar-refractivity contribution is 8.00. The molecule has 1 fully saturated rings. The number of thioether (sulfide) groups is 1. The van der Waals surface area contributed by atoms with Gasteiger partial charge in [-0.05, 0) is 48.4 Å². The molecule has 0 aliphatic carbocycles. The van der Waals surface area contributed by atoms with E-state index in [1.807, 2.05) is 0 Å². The van der Waals surface area contributed by atoms with Gasteiger partial charge in [0, 0.05) is 13.2 Å². The second-order valence-corrected chi connectivity index (χ2v) is 6.80. The number of nitrogens with one attached hydrogen (secondary N) is 1. The number of hydrogen-bond acceptors (Lipinski definition) is 6. The van der Waals surface area contributed by atoms with Crippen LogP contribution in [0.1, 0.15) is 19.8 Å². The molecule has 128 valence electrons. The highest BCUT2D eigenvalue weighted by atomic mass is 32.2. The van der Waals surface area contributed by atoms with Crippen LogP contribution in [0.25, 0.3) is 5.69 Å². The van der Waals surface area contributed by atoms with E-state index in [1.54, 1.807) is 19.1 Å². The maximum atomic E-state index is 13.4. The maximum absolute atomic E-state index is 13.4. The van der Waals surface area contributed by atoms with E-state index in [1.165, 1.54) is 28.6 Å². The second kappa shape index (κ2) is 7.71. The van der Waals surface area contributed by atoms with Crippen LogP contribution in [-0.2, 0) is 9.53 Å². The third-order valence-corrected chi connectivity index (χ3v) is 4.71.